The molecule has 96 valence electrons. The van der Waals surface area contributed by atoms with Gasteiger partial charge in [0.05, 0.1) is 12.8 Å². The fourth-order valence-corrected chi connectivity index (χ4v) is 1.40. The minimum Gasteiger partial charge on any atom is -0.489 e. The highest BCUT2D eigenvalue weighted by molar-refractivity contribution is 5.29. The number of hydrogen-bond acceptors (Lipinski definition) is 4. The zero-order valence-corrected chi connectivity index (χ0v) is 10.9. The van der Waals surface area contributed by atoms with Gasteiger partial charge in [0.25, 0.3) is 0 Å². The third-order valence-electron chi connectivity index (χ3n) is 2.17. The van der Waals surface area contributed by atoms with Crippen LogP contribution in [0.5, 0.6) is 5.75 Å². The molecule has 0 unspecified atom stereocenters. The summed E-state index contributed by atoms with van der Waals surface area (Å²) in [7, 11) is 1.91. The quantitative estimate of drug-likeness (QED) is 0.702. The Kier molecular flexibility index (Phi) is 6.58. The number of nitrogens with zero attached hydrogens (tertiary/aromatic N) is 1. The number of rotatable bonds is 8. The maximum Gasteiger partial charge on any atom is 0.142 e. The average molecular weight is 238 g/mol. The van der Waals surface area contributed by atoms with E-state index in [1.54, 1.807) is 12.4 Å². The van der Waals surface area contributed by atoms with Gasteiger partial charge in [-0.15, -0.1) is 0 Å². The molecule has 0 aromatic carbocycles. The third-order valence-corrected chi connectivity index (χ3v) is 2.17. The summed E-state index contributed by atoms with van der Waals surface area (Å²) in [6.45, 7) is 7.01. The Morgan fingerprint density at radius 3 is 2.88 bits per heavy atom. The Hall–Kier alpha value is -1.13. The van der Waals surface area contributed by atoms with Crippen molar-refractivity contribution in [3.8, 4) is 5.75 Å². The number of nitrogens with one attached hydrogen (secondary N) is 1. The molecule has 0 fully saturated rings. The molecule has 0 amide bonds. The zero-order valence-electron chi connectivity index (χ0n) is 10.9. The van der Waals surface area contributed by atoms with Gasteiger partial charge >= 0.3 is 0 Å². The van der Waals surface area contributed by atoms with Crippen molar-refractivity contribution in [1.29, 1.82) is 0 Å². The minimum atomic E-state index is 0.563. The number of ether oxygens (including phenoxy) is 2. The lowest BCUT2D eigenvalue weighted by Gasteiger charge is -2.11. The first-order valence-corrected chi connectivity index (χ1v) is 6.02. The average Bonchev–Trinajstić information content (AvgIpc) is 2.31. The molecule has 1 N–H and O–H groups in total. The van der Waals surface area contributed by atoms with Crippen molar-refractivity contribution in [3.05, 3.63) is 24.0 Å². The standard InChI is InChI=1S/C13H22N2O2/c1-11(2)10-16-6-7-17-13-9-15-5-4-12(13)8-14-3/h4-5,9,11,14H,6-8,10H2,1-3H3. The molecule has 4 nitrogen and oxygen atoms in total. The highest BCUT2D eigenvalue weighted by Crippen LogP contribution is 2.15. The highest BCUT2D eigenvalue weighted by Gasteiger charge is 2.02. The van der Waals surface area contributed by atoms with Crippen LogP contribution in [0.4, 0.5) is 0 Å². The predicted molar refractivity (Wildman–Crippen MR) is 68.2 cm³/mol. The molecule has 0 saturated heterocycles. The maximum absolute atomic E-state index is 5.64. The first-order chi connectivity index (χ1) is 8.24. The van der Waals surface area contributed by atoms with Crippen LogP contribution in [0.1, 0.15) is 19.4 Å². The van der Waals surface area contributed by atoms with Crippen molar-refractivity contribution in [2.45, 2.75) is 20.4 Å². The lowest BCUT2D eigenvalue weighted by molar-refractivity contribution is 0.0815. The van der Waals surface area contributed by atoms with Gasteiger partial charge in [0.1, 0.15) is 12.4 Å². The van der Waals surface area contributed by atoms with Gasteiger partial charge in [-0.25, -0.2) is 0 Å². The topological polar surface area (TPSA) is 43.4 Å². The van der Waals surface area contributed by atoms with E-state index in [1.165, 1.54) is 0 Å². The first-order valence-electron chi connectivity index (χ1n) is 6.02. The molecule has 0 bridgehead atoms. The number of pyridine rings is 1. The van der Waals surface area contributed by atoms with E-state index in [9.17, 15) is 0 Å². The molecule has 0 aliphatic heterocycles. The molecule has 0 radical (unpaired) electrons. The van der Waals surface area contributed by atoms with Crippen LogP contribution in [0.15, 0.2) is 18.5 Å². The Morgan fingerprint density at radius 1 is 1.35 bits per heavy atom. The maximum atomic E-state index is 5.64. The van der Waals surface area contributed by atoms with Crippen LogP contribution >= 0.6 is 0 Å². The molecule has 17 heavy (non-hydrogen) atoms. The lowest BCUT2D eigenvalue weighted by Crippen LogP contribution is -2.12. The molecular formula is C13H22N2O2. The largest absolute Gasteiger partial charge is 0.489 e. The van der Waals surface area contributed by atoms with Gasteiger partial charge < -0.3 is 14.8 Å². The van der Waals surface area contributed by atoms with Gasteiger partial charge in [0.15, 0.2) is 0 Å². The Labute approximate surface area is 103 Å². The molecule has 4 heteroatoms. The van der Waals surface area contributed by atoms with E-state index in [-0.39, 0.29) is 0 Å². The normalized spacial score (nSPS) is 10.8. The summed E-state index contributed by atoms with van der Waals surface area (Å²) in [5, 5.41) is 3.10. The first kappa shape index (κ1) is 13.9. The second kappa shape index (κ2) is 8.03. The summed E-state index contributed by atoms with van der Waals surface area (Å²) >= 11 is 0. The van der Waals surface area contributed by atoms with Gasteiger partial charge in [-0.3, -0.25) is 4.98 Å². The van der Waals surface area contributed by atoms with Gasteiger partial charge in [-0.05, 0) is 19.0 Å². The summed E-state index contributed by atoms with van der Waals surface area (Å²) in [5.41, 5.74) is 1.12. The van der Waals surface area contributed by atoms with Crippen LogP contribution in [-0.4, -0.2) is 31.9 Å². The summed E-state index contributed by atoms with van der Waals surface area (Å²) < 4.78 is 11.1. The van der Waals surface area contributed by atoms with Gasteiger partial charge in [-0.1, -0.05) is 13.8 Å². The van der Waals surface area contributed by atoms with Gasteiger partial charge in [-0.2, -0.15) is 0 Å². The Morgan fingerprint density at radius 2 is 2.18 bits per heavy atom. The lowest BCUT2D eigenvalue weighted by atomic mass is 10.2. The van der Waals surface area contributed by atoms with Crippen molar-refractivity contribution in [3.63, 3.8) is 0 Å². The molecule has 1 rings (SSSR count). The van der Waals surface area contributed by atoms with Crippen molar-refractivity contribution in [2.75, 3.05) is 26.9 Å². The molecule has 1 aromatic heterocycles. The number of hydrogen-bond donors (Lipinski definition) is 1. The monoisotopic (exact) mass is 238 g/mol. The molecule has 1 heterocycles. The fourth-order valence-electron chi connectivity index (χ4n) is 1.40. The second-order valence-corrected chi connectivity index (χ2v) is 4.33. The molecule has 0 aliphatic carbocycles. The molecule has 0 saturated carbocycles. The SMILES string of the molecule is CNCc1ccncc1OCCOCC(C)C. The predicted octanol–water partition coefficient (Wildman–Crippen LogP) is 1.85. The summed E-state index contributed by atoms with van der Waals surface area (Å²) in [5.74, 6) is 1.39. The Balaban J connectivity index is 2.30. The van der Waals surface area contributed by atoms with E-state index in [0.29, 0.717) is 19.1 Å². The van der Waals surface area contributed by atoms with E-state index < -0.39 is 0 Å². The second-order valence-electron chi connectivity index (χ2n) is 4.33. The smallest absolute Gasteiger partial charge is 0.142 e. The van der Waals surface area contributed by atoms with Crippen molar-refractivity contribution in [1.82, 2.24) is 10.3 Å². The fraction of sp³-hybridized carbons (Fsp3) is 0.615. The van der Waals surface area contributed by atoms with Crippen LogP contribution in [0.25, 0.3) is 0 Å². The van der Waals surface area contributed by atoms with Crippen LogP contribution in [0, 0.1) is 5.92 Å². The minimum absolute atomic E-state index is 0.563. The van der Waals surface area contributed by atoms with Crippen molar-refractivity contribution < 1.29 is 9.47 Å². The summed E-state index contributed by atoms with van der Waals surface area (Å²) in [6, 6.07) is 1.96. The van der Waals surface area contributed by atoms with Crippen molar-refractivity contribution in [2.24, 2.45) is 5.92 Å². The van der Waals surface area contributed by atoms with E-state index >= 15 is 0 Å². The van der Waals surface area contributed by atoms with Gasteiger partial charge in [0.2, 0.25) is 0 Å². The van der Waals surface area contributed by atoms with E-state index in [0.717, 1.165) is 24.5 Å². The molecule has 1 aromatic rings. The van der Waals surface area contributed by atoms with E-state index in [4.69, 9.17) is 9.47 Å². The summed E-state index contributed by atoms with van der Waals surface area (Å²) in [4.78, 5) is 4.06. The highest BCUT2D eigenvalue weighted by atomic mass is 16.5. The molecule has 0 spiro atoms. The zero-order chi connectivity index (χ0) is 12.5. The van der Waals surface area contributed by atoms with E-state index in [1.807, 2.05) is 13.1 Å². The number of aromatic nitrogens is 1. The molecule has 0 aliphatic rings. The Bertz CT molecular complexity index is 316. The van der Waals surface area contributed by atoms with Crippen molar-refractivity contribution >= 4 is 0 Å². The van der Waals surface area contributed by atoms with Gasteiger partial charge in [0, 0.05) is 24.9 Å². The van der Waals surface area contributed by atoms with Crippen LogP contribution in [0.3, 0.4) is 0 Å². The molecular weight excluding hydrogens is 216 g/mol. The van der Waals surface area contributed by atoms with Crippen LogP contribution in [0.2, 0.25) is 0 Å². The summed E-state index contributed by atoms with van der Waals surface area (Å²) in [6.07, 6.45) is 3.52. The third kappa shape index (κ3) is 5.65. The van der Waals surface area contributed by atoms with E-state index in [2.05, 4.69) is 24.1 Å². The van der Waals surface area contributed by atoms with Crippen LogP contribution in [-0.2, 0) is 11.3 Å². The molecule has 0 atom stereocenters. The van der Waals surface area contributed by atoms with Crippen LogP contribution < -0.4 is 10.1 Å².